The number of allylic oxidation sites excluding steroid dienone is 2. The number of benzene rings is 1. The average molecular weight is 322 g/mol. The number of carbonyl (C=O) groups excluding carboxylic acids is 2. The molecule has 0 aromatic heterocycles. The quantitative estimate of drug-likeness (QED) is 0.638. The summed E-state index contributed by atoms with van der Waals surface area (Å²) in [6.07, 6.45) is 4.05. The molecule has 2 nitrogen and oxygen atoms in total. The van der Waals surface area contributed by atoms with Gasteiger partial charge in [0.25, 0.3) is 0 Å². The van der Waals surface area contributed by atoms with Crippen molar-refractivity contribution < 1.29 is 9.59 Å². The van der Waals surface area contributed by atoms with Gasteiger partial charge in [-0.15, -0.1) is 0 Å². The standard InChI is InChI=1S/C22H26O2/c1-12-11-15-13-8-9-16-14(7-6-10-21(16,2)3)17(13)19(23)20(24)18(15)22(12,4)5/h8-9,12H,6-7,10-11H2,1-5H3. The van der Waals surface area contributed by atoms with E-state index in [0.29, 0.717) is 5.92 Å². The van der Waals surface area contributed by atoms with E-state index < -0.39 is 0 Å². The van der Waals surface area contributed by atoms with Gasteiger partial charge < -0.3 is 0 Å². The molecule has 0 radical (unpaired) electrons. The second kappa shape index (κ2) is 4.68. The molecule has 3 aliphatic rings. The van der Waals surface area contributed by atoms with Crippen LogP contribution in [0.4, 0.5) is 0 Å². The Kier molecular flexibility index (Phi) is 3.08. The van der Waals surface area contributed by atoms with Crippen LogP contribution >= 0.6 is 0 Å². The van der Waals surface area contributed by atoms with Crippen molar-refractivity contribution in [2.45, 2.75) is 65.7 Å². The Morgan fingerprint density at radius 3 is 2.46 bits per heavy atom. The van der Waals surface area contributed by atoms with E-state index in [0.717, 1.165) is 53.5 Å². The molecule has 0 saturated carbocycles. The highest BCUT2D eigenvalue weighted by Gasteiger charge is 2.48. The molecule has 24 heavy (non-hydrogen) atoms. The Bertz CT molecular complexity index is 821. The maximum Gasteiger partial charge on any atom is 0.234 e. The maximum absolute atomic E-state index is 13.1. The van der Waals surface area contributed by atoms with E-state index in [2.05, 4.69) is 46.8 Å². The smallest absolute Gasteiger partial charge is 0.234 e. The number of hydrogen-bond donors (Lipinski definition) is 0. The Labute approximate surface area is 144 Å². The highest BCUT2D eigenvalue weighted by atomic mass is 16.2. The second-order valence-corrected chi connectivity index (χ2v) is 9.09. The summed E-state index contributed by atoms with van der Waals surface area (Å²) in [5.74, 6) is -0.123. The molecule has 1 unspecified atom stereocenters. The van der Waals surface area contributed by atoms with Crippen LogP contribution in [0.3, 0.4) is 0 Å². The van der Waals surface area contributed by atoms with E-state index in [9.17, 15) is 9.59 Å². The van der Waals surface area contributed by atoms with Gasteiger partial charge in [-0.2, -0.15) is 0 Å². The minimum Gasteiger partial charge on any atom is -0.285 e. The predicted molar refractivity (Wildman–Crippen MR) is 96.2 cm³/mol. The monoisotopic (exact) mass is 322 g/mol. The number of hydrogen-bond acceptors (Lipinski definition) is 2. The summed E-state index contributed by atoms with van der Waals surface area (Å²) in [6.45, 7) is 10.9. The fraction of sp³-hybridized carbons (Fsp3) is 0.545. The summed E-state index contributed by atoms with van der Waals surface area (Å²) < 4.78 is 0. The summed E-state index contributed by atoms with van der Waals surface area (Å²) in [7, 11) is 0. The zero-order valence-electron chi connectivity index (χ0n) is 15.4. The topological polar surface area (TPSA) is 34.1 Å². The van der Waals surface area contributed by atoms with E-state index in [1.807, 2.05) is 0 Å². The summed E-state index contributed by atoms with van der Waals surface area (Å²) in [6, 6.07) is 4.34. The zero-order chi connectivity index (χ0) is 17.4. The molecule has 1 atom stereocenters. The molecule has 0 heterocycles. The minimum atomic E-state index is -0.263. The van der Waals surface area contributed by atoms with Crippen molar-refractivity contribution in [2.24, 2.45) is 11.3 Å². The molecular weight excluding hydrogens is 296 g/mol. The van der Waals surface area contributed by atoms with Crippen molar-refractivity contribution in [1.82, 2.24) is 0 Å². The SMILES string of the molecule is CC1CC2=C(C(=O)C(=O)c3c2ccc2c3CCCC2(C)C)C1(C)C. The predicted octanol–water partition coefficient (Wildman–Crippen LogP) is 4.89. The third-order valence-electron chi connectivity index (χ3n) is 6.94. The van der Waals surface area contributed by atoms with Crippen molar-refractivity contribution in [2.75, 3.05) is 0 Å². The van der Waals surface area contributed by atoms with Gasteiger partial charge in [0.15, 0.2) is 0 Å². The average Bonchev–Trinajstić information content (AvgIpc) is 2.74. The van der Waals surface area contributed by atoms with Gasteiger partial charge in [0, 0.05) is 11.1 Å². The number of carbonyl (C=O) groups is 2. The molecule has 3 aliphatic carbocycles. The molecule has 0 amide bonds. The molecule has 1 aromatic rings. The first-order valence-electron chi connectivity index (χ1n) is 9.15. The lowest BCUT2D eigenvalue weighted by atomic mass is 9.68. The number of Topliss-reactive ketones (excluding diaryl/α,β-unsaturated/α-hetero) is 2. The van der Waals surface area contributed by atoms with E-state index >= 15 is 0 Å². The van der Waals surface area contributed by atoms with Crippen LogP contribution in [0, 0.1) is 11.3 Å². The molecule has 0 aliphatic heterocycles. The third-order valence-corrected chi connectivity index (χ3v) is 6.94. The summed E-state index contributed by atoms with van der Waals surface area (Å²) >= 11 is 0. The molecule has 0 saturated heterocycles. The molecular formula is C22H26O2. The van der Waals surface area contributed by atoms with Gasteiger partial charge in [-0.25, -0.2) is 0 Å². The number of fused-ring (bicyclic) bond motifs is 4. The molecule has 0 N–H and O–H groups in total. The van der Waals surface area contributed by atoms with Gasteiger partial charge in [0.05, 0.1) is 0 Å². The van der Waals surface area contributed by atoms with Gasteiger partial charge in [-0.1, -0.05) is 46.8 Å². The summed E-state index contributed by atoms with van der Waals surface area (Å²) in [4.78, 5) is 26.0. The van der Waals surface area contributed by atoms with E-state index in [4.69, 9.17) is 0 Å². The van der Waals surface area contributed by atoms with E-state index in [1.54, 1.807) is 0 Å². The van der Waals surface area contributed by atoms with Crippen LogP contribution in [0.1, 0.15) is 80.9 Å². The lowest BCUT2D eigenvalue weighted by molar-refractivity contribution is -0.112. The zero-order valence-corrected chi connectivity index (χ0v) is 15.4. The molecule has 0 fully saturated rings. The van der Waals surface area contributed by atoms with Crippen LogP contribution in [0.5, 0.6) is 0 Å². The molecule has 126 valence electrons. The van der Waals surface area contributed by atoms with Gasteiger partial charge in [0.2, 0.25) is 11.6 Å². The first-order valence-corrected chi connectivity index (χ1v) is 9.15. The van der Waals surface area contributed by atoms with E-state index in [-0.39, 0.29) is 22.4 Å². The maximum atomic E-state index is 13.1. The Morgan fingerprint density at radius 2 is 1.75 bits per heavy atom. The summed E-state index contributed by atoms with van der Waals surface area (Å²) in [5, 5.41) is 0. The molecule has 1 aromatic carbocycles. The van der Waals surface area contributed by atoms with Crippen molar-refractivity contribution in [3.63, 3.8) is 0 Å². The van der Waals surface area contributed by atoms with Crippen LogP contribution in [-0.2, 0) is 16.6 Å². The Morgan fingerprint density at radius 1 is 1.04 bits per heavy atom. The fourth-order valence-electron chi connectivity index (χ4n) is 5.09. The molecule has 2 heteroatoms. The largest absolute Gasteiger partial charge is 0.285 e. The third kappa shape index (κ3) is 1.83. The number of rotatable bonds is 0. The van der Waals surface area contributed by atoms with Crippen molar-refractivity contribution in [3.8, 4) is 0 Å². The van der Waals surface area contributed by atoms with Crippen LogP contribution in [0.2, 0.25) is 0 Å². The molecule has 4 rings (SSSR count). The molecule has 0 spiro atoms. The first kappa shape index (κ1) is 15.8. The lowest BCUT2D eigenvalue weighted by Crippen LogP contribution is -2.33. The second-order valence-electron chi connectivity index (χ2n) is 9.09. The van der Waals surface area contributed by atoms with Crippen LogP contribution < -0.4 is 0 Å². The van der Waals surface area contributed by atoms with Crippen molar-refractivity contribution in [3.05, 3.63) is 40.0 Å². The van der Waals surface area contributed by atoms with Crippen LogP contribution in [0.15, 0.2) is 17.7 Å². The first-order chi connectivity index (χ1) is 11.2. The summed E-state index contributed by atoms with van der Waals surface area (Å²) in [5.41, 5.74) is 5.98. The fourth-order valence-corrected chi connectivity index (χ4v) is 5.09. The van der Waals surface area contributed by atoms with Gasteiger partial charge >= 0.3 is 0 Å². The van der Waals surface area contributed by atoms with Gasteiger partial charge in [-0.05, 0) is 64.7 Å². The Hall–Kier alpha value is -1.70. The van der Waals surface area contributed by atoms with Gasteiger partial charge in [0.1, 0.15) is 0 Å². The van der Waals surface area contributed by atoms with Crippen molar-refractivity contribution in [1.29, 1.82) is 0 Å². The lowest BCUT2D eigenvalue weighted by Gasteiger charge is -2.35. The normalized spacial score (nSPS) is 27.0. The Balaban J connectivity index is 2.02. The van der Waals surface area contributed by atoms with Crippen molar-refractivity contribution >= 4 is 17.1 Å². The van der Waals surface area contributed by atoms with Crippen LogP contribution in [-0.4, -0.2) is 11.6 Å². The van der Waals surface area contributed by atoms with E-state index in [1.165, 1.54) is 5.56 Å². The number of ketones is 2. The van der Waals surface area contributed by atoms with Gasteiger partial charge in [-0.3, -0.25) is 9.59 Å². The highest BCUT2D eigenvalue weighted by molar-refractivity contribution is 6.53. The molecule has 0 bridgehead atoms. The van der Waals surface area contributed by atoms with Crippen LogP contribution in [0.25, 0.3) is 5.57 Å². The highest BCUT2D eigenvalue weighted by Crippen LogP contribution is 2.54. The minimum absolute atomic E-state index is 0.0861.